The van der Waals surface area contributed by atoms with E-state index in [1.807, 2.05) is 24.3 Å². The molecule has 0 saturated heterocycles. The molecule has 0 atom stereocenters. The van der Waals surface area contributed by atoms with Gasteiger partial charge in [0.05, 0.1) is 0 Å². The number of rotatable bonds is 6. The van der Waals surface area contributed by atoms with E-state index in [1.54, 1.807) is 0 Å². The van der Waals surface area contributed by atoms with E-state index in [9.17, 15) is 5.11 Å². The highest BCUT2D eigenvalue weighted by molar-refractivity contribution is 6.30. The van der Waals surface area contributed by atoms with Gasteiger partial charge in [-0.25, -0.2) is 0 Å². The van der Waals surface area contributed by atoms with E-state index in [2.05, 4.69) is 45.1 Å². The maximum atomic E-state index is 10.8. The van der Waals surface area contributed by atoms with E-state index in [1.165, 1.54) is 5.56 Å². The summed E-state index contributed by atoms with van der Waals surface area (Å²) in [4.78, 5) is 0. The molecule has 0 aliphatic carbocycles. The van der Waals surface area contributed by atoms with E-state index >= 15 is 0 Å². The van der Waals surface area contributed by atoms with Crippen molar-refractivity contribution in [2.45, 2.75) is 52.5 Å². The lowest BCUT2D eigenvalue weighted by molar-refractivity contribution is 0.464. The fourth-order valence-electron chi connectivity index (χ4n) is 2.64. The van der Waals surface area contributed by atoms with Gasteiger partial charge in [-0.15, -0.1) is 0 Å². The average Bonchev–Trinajstić information content (AvgIpc) is 2.53. The van der Waals surface area contributed by atoms with Crippen LogP contribution in [0.5, 0.6) is 5.75 Å². The Kier molecular flexibility index (Phi) is 6.31. The first kappa shape index (κ1) is 18.8. The third-order valence-electron chi connectivity index (χ3n) is 4.23. The average molecular weight is 346 g/mol. The van der Waals surface area contributed by atoms with Gasteiger partial charge in [0.15, 0.2) is 0 Å². The van der Waals surface area contributed by atoms with Crippen LogP contribution >= 0.6 is 11.6 Å². The predicted octanol–water partition coefficient (Wildman–Crippen LogP) is 5.90. The Morgan fingerprint density at radius 3 is 2.33 bits per heavy atom. The van der Waals surface area contributed by atoms with Crippen molar-refractivity contribution in [2.75, 3.05) is 6.54 Å². The highest BCUT2D eigenvalue weighted by Crippen LogP contribution is 2.37. The summed E-state index contributed by atoms with van der Waals surface area (Å²) < 4.78 is 0. The lowest BCUT2D eigenvalue weighted by Crippen LogP contribution is -2.17. The molecule has 0 bridgehead atoms. The minimum Gasteiger partial charge on any atom is -0.507 e. The molecular formula is C21H28ClNO. The molecule has 3 heteroatoms. The molecule has 0 saturated carbocycles. The van der Waals surface area contributed by atoms with Gasteiger partial charge in [0.25, 0.3) is 0 Å². The Labute approximate surface area is 150 Å². The number of nitrogens with one attached hydrogen (secondary N) is 1. The standard InChI is InChI=1S/C21H28ClNO/c1-5-6-11-23-14-16-12-17(21(2,3)4)13-19(20(16)24)15-7-9-18(22)10-8-15/h7-10,12-13,23-24H,5-6,11,14H2,1-4H3. The van der Waals surface area contributed by atoms with Crippen LogP contribution in [0.15, 0.2) is 36.4 Å². The third kappa shape index (κ3) is 4.75. The van der Waals surface area contributed by atoms with Gasteiger partial charge in [-0.05, 0) is 47.7 Å². The highest BCUT2D eigenvalue weighted by atomic mass is 35.5. The molecule has 0 fully saturated rings. The van der Waals surface area contributed by atoms with Crippen molar-refractivity contribution in [2.24, 2.45) is 0 Å². The predicted molar refractivity (Wildman–Crippen MR) is 104 cm³/mol. The van der Waals surface area contributed by atoms with Gasteiger partial charge >= 0.3 is 0 Å². The molecule has 130 valence electrons. The van der Waals surface area contributed by atoms with Crippen LogP contribution in [0, 0.1) is 0 Å². The van der Waals surface area contributed by atoms with Crippen LogP contribution in [0.1, 0.15) is 51.7 Å². The Balaban J connectivity index is 2.43. The number of benzene rings is 2. The first-order chi connectivity index (χ1) is 11.3. The molecule has 0 radical (unpaired) electrons. The summed E-state index contributed by atoms with van der Waals surface area (Å²) >= 11 is 6.00. The maximum Gasteiger partial charge on any atom is 0.127 e. The van der Waals surface area contributed by atoms with Crippen molar-refractivity contribution in [1.29, 1.82) is 0 Å². The van der Waals surface area contributed by atoms with Crippen molar-refractivity contribution in [1.82, 2.24) is 5.32 Å². The molecule has 0 aliphatic rings. The smallest absolute Gasteiger partial charge is 0.127 e. The second-order valence-electron chi connectivity index (χ2n) is 7.32. The molecule has 0 unspecified atom stereocenters. The quantitative estimate of drug-likeness (QED) is 0.639. The first-order valence-electron chi connectivity index (χ1n) is 8.66. The van der Waals surface area contributed by atoms with Gasteiger partial charge in [0.1, 0.15) is 5.75 Å². The molecule has 2 aromatic carbocycles. The molecule has 24 heavy (non-hydrogen) atoms. The van der Waals surface area contributed by atoms with Gasteiger partial charge < -0.3 is 10.4 Å². The van der Waals surface area contributed by atoms with Crippen LogP contribution in [0.4, 0.5) is 0 Å². The second kappa shape index (κ2) is 8.04. The lowest BCUT2D eigenvalue weighted by Gasteiger charge is -2.23. The van der Waals surface area contributed by atoms with Crippen molar-refractivity contribution >= 4 is 11.6 Å². The molecule has 2 nitrogen and oxygen atoms in total. The molecule has 2 rings (SSSR count). The molecule has 0 aliphatic heterocycles. The van der Waals surface area contributed by atoms with Gasteiger partial charge in [-0.3, -0.25) is 0 Å². The number of unbranched alkanes of at least 4 members (excludes halogenated alkanes) is 1. The summed E-state index contributed by atoms with van der Waals surface area (Å²) in [5.74, 6) is 0.356. The minimum atomic E-state index is 0.0209. The van der Waals surface area contributed by atoms with Gasteiger partial charge in [0.2, 0.25) is 0 Å². The Bertz CT molecular complexity index is 671. The van der Waals surface area contributed by atoms with Gasteiger partial charge in [0, 0.05) is 22.7 Å². The Hall–Kier alpha value is -1.51. The van der Waals surface area contributed by atoms with Crippen LogP contribution in [0.2, 0.25) is 5.02 Å². The van der Waals surface area contributed by atoms with Crippen molar-refractivity contribution in [3.63, 3.8) is 0 Å². The number of hydrogen-bond acceptors (Lipinski definition) is 2. The van der Waals surface area contributed by atoms with Crippen LogP contribution in [-0.2, 0) is 12.0 Å². The number of aromatic hydroxyl groups is 1. The molecule has 0 amide bonds. The summed E-state index contributed by atoms with van der Waals surface area (Å²) in [5.41, 5.74) is 4.04. The summed E-state index contributed by atoms with van der Waals surface area (Å²) in [6.07, 6.45) is 2.31. The molecule has 0 heterocycles. The van der Waals surface area contributed by atoms with Crippen molar-refractivity contribution in [3.8, 4) is 16.9 Å². The van der Waals surface area contributed by atoms with Crippen LogP contribution < -0.4 is 5.32 Å². The summed E-state index contributed by atoms with van der Waals surface area (Å²) in [7, 11) is 0. The first-order valence-corrected chi connectivity index (χ1v) is 9.03. The van der Waals surface area contributed by atoms with Crippen LogP contribution in [0.3, 0.4) is 0 Å². The normalized spacial score (nSPS) is 11.7. The summed E-state index contributed by atoms with van der Waals surface area (Å²) in [6, 6.07) is 11.8. The van der Waals surface area contributed by atoms with E-state index in [0.717, 1.165) is 36.1 Å². The number of phenolic OH excluding ortho intramolecular Hbond substituents is 1. The van der Waals surface area contributed by atoms with Crippen molar-refractivity contribution < 1.29 is 5.11 Å². The zero-order valence-electron chi connectivity index (χ0n) is 15.1. The fourth-order valence-corrected chi connectivity index (χ4v) is 2.76. The monoisotopic (exact) mass is 345 g/mol. The van der Waals surface area contributed by atoms with Crippen LogP contribution in [0.25, 0.3) is 11.1 Å². The van der Waals surface area contributed by atoms with Gasteiger partial charge in [-0.1, -0.05) is 63.9 Å². The third-order valence-corrected chi connectivity index (χ3v) is 4.48. The number of hydrogen-bond donors (Lipinski definition) is 2. The van der Waals surface area contributed by atoms with E-state index in [0.29, 0.717) is 17.3 Å². The number of halogens is 1. The summed E-state index contributed by atoms with van der Waals surface area (Å²) in [6.45, 7) is 10.4. The SMILES string of the molecule is CCCCNCc1cc(C(C)(C)C)cc(-c2ccc(Cl)cc2)c1O. The molecular weight excluding hydrogens is 318 g/mol. The molecule has 0 spiro atoms. The largest absolute Gasteiger partial charge is 0.507 e. The van der Waals surface area contributed by atoms with Crippen molar-refractivity contribution in [3.05, 3.63) is 52.5 Å². The molecule has 0 aromatic heterocycles. The Morgan fingerprint density at radius 2 is 1.75 bits per heavy atom. The summed E-state index contributed by atoms with van der Waals surface area (Å²) in [5, 5.41) is 14.9. The maximum absolute atomic E-state index is 10.8. The molecule has 2 N–H and O–H groups in total. The van der Waals surface area contributed by atoms with E-state index < -0.39 is 0 Å². The minimum absolute atomic E-state index is 0.0209. The van der Waals surface area contributed by atoms with E-state index in [4.69, 9.17) is 11.6 Å². The number of phenols is 1. The van der Waals surface area contributed by atoms with Gasteiger partial charge in [-0.2, -0.15) is 0 Å². The highest BCUT2D eigenvalue weighted by Gasteiger charge is 2.19. The Morgan fingerprint density at radius 1 is 1.08 bits per heavy atom. The van der Waals surface area contributed by atoms with E-state index in [-0.39, 0.29) is 5.41 Å². The zero-order chi connectivity index (χ0) is 17.7. The topological polar surface area (TPSA) is 32.3 Å². The fraction of sp³-hybridized carbons (Fsp3) is 0.429. The molecule has 2 aromatic rings. The zero-order valence-corrected chi connectivity index (χ0v) is 15.9. The second-order valence-corrected chi connectivity index (χ2v) is 7.76. The van der Waals surface area contributed by atoms with Crippen LogP contribution in [-0.4, -0.2) is 11.7 Å². The lowest BCUT2D eigenvalue weighted by atomic mass is 9.83.